The molecule has 8 atom stereocenters. The highest BCUT2D eigenvalue weighted by Gasteiger charge is 2.35. The van der Waals surface area contributed by atoms with Crippen LogP contribution in [0.3, 0.4) is 0 Å². The van der Waals surface area contributed by atoms with E-state index in [4.69, 9.17) is 10.5 Å². The van der Waals surface area contributed by atoms with Gasteiger partial charge in [-0.15, -0.1) is 0 Å². The highest BCUT2D eigenvalue weighted by molar-refractivity contribution is 5.95. The van der Waals surface area contributed by atoms with Crippen molar-refractivity contribution >= 4 is 41.5 Å². The zero-order chi connectivity index (χ0) is 49.2. The van der Waals surface area contributed by atoms with Crippen LogP contribution in [0.25, 0.3) is 0 Å². The SMILES string of the molecule is CCC(C)C(CCC(Cc1ccccc1)C(=O)N[C@@H](Cc1ccccc1)C(=O)N[C@H](C(=O)N[C@H](C(N)=O)C(C)C)C(C)C)NC(=O)[C@@H](NC(=O)[C@@H](NC(=O)OC(C)(C)C)C(C)C)C(C)C. The van der Waals surface area contributed by atoms with Crippen molar-refractivity contribution in [1.29, 1.82) is 0 Å². The average molecular weight is 906 g/mol. The second-order valence-corrected chi connectivity index (χ2v) is 19.7. The molecular formula is C50H79N7O8. The van der Waals surface area contributed by atoms with E-state index in [1.807, 2.05) is 88.4 Å². The van der Waals surface area contributed by atoms with Gasteiger partial charge in [0, 0.05) is 18.4 Å². The van der Waals surface area contributed by atoms with Crippen LogP contribution in [0.5, 0.6) is 0 Å². The Morgan fingerprint density at radius 1 is 0.523 bits per heavy atom. The Labute approximate surface area is 387 Å². The minimum absolute atomic E-state index is 0.0132. The molecule has 15 heteroatoms. The molecule has 362 valence electrons. The molecule has 3 unspecified atom stereocenters. The van der Waals surface area contributed by atoms with Gasteiger partial charge >= 0.3 is 6.09 Å². The summed E-state index contributed by atoms with van der Waals surface area (Å²) in [6, 6.07) is 13.5. The van der Waals surface area contributed by atoms with Crippen molar-refractivity contribution in [3.63, 3.8) is 0 Å². The summed E-state index contributed by atoms with van der Waals surface area (Å²) >= 11 is 0. The Kier molecular flexibility index (Phi) is 22.7. The van der Waals surface area contributed by atoms with Crippen LogP contribution < -0.4 is 37.6 Å². The van der Waals surface area contributed by atoms with Gasteiger partial charge in [-0.05, 0) is 80.8 Å². The summed E-state index contributed by atoms with van der Waals surface area (Å²) in [5.41, 5.74) is 6.51. The predicted molar refractivity (Wildman–Crippen MR) is 254 cm³/mol. The zero-order valence-corrected chi connectivity index (χ0v) is 41.1. The van der Waals surface area contributed by atoms with Crippen LogP contribution in [0.2, 0.25) is 0 Å². The molecule has 0 spiro atoms. The van der Waals surface area contributed by atoms with Crippen LogP contribution in [0.15, 0.2) is 60.7 Å². The summed E-state index contributed by atoms with van der Waals surface area (Å²) in [6.07, 6.45) is 1.21. The number of primary amides is 1. The molecule has 0 aromatic heterocycles. The summed E-state index contributed by atoms with van der Waals surface area (Å²) in [5.74, 6) is -5.01. The number of hydrogen-bond donors (Lipinski definition) is 7. The molecule has 0 fully saturated rings. The maximum Gasteiger partial charge on any atom is 0.408 e. The van der Waals surface area contributed by atoms with Crippen LogP contribution >= 0.6 is 0 Å². The van der Waals surface area contributed by atoms with E-state index in [-0.39, 0.29) is 53.9 Å². The summed E-state index contributed by atoms with van der Waals surface area (Å²) in [7, 11) is 0. The molecule has 0 saturated carbocycles. The first-order chi connectivity index (χ1) is 30.3. The third-order valence-corrected chi connectivity index (χ3v) is 11.5. The predicted octanol–water partition coefficient (Wildman–Crippen LogP) is 5.34. The lowest BCUT2D eigenvalue weighted by molar-refractivity contribution is -0.135. The number of benzene rings is 2. The van der Waals surface area contributed by atoms with Gasteiger partial charge in [0.1, 0.15) is 35.8 Å². The van der Waals surface area contributed by atoms with E-state index in [1.165, 1.54) is 0 Å². The van der Waals surface area contributed by atoms with Gasteiger partial charge in [0.2, 0.25) is 35.4 Å². The molecule has 0 aliphatic carbocycles. The molecule has 8 N–H and O–H groups in total. The lowest BCUT2D eigenvalue weighted by Crippen LogP contribution is -2.59. The summed E-state index contributed by atoms with van der Waals surface area (Å²) in [4.78, 5) is 94.9. The minimum atomic E-state index is -1.07. The Balaban J connectivity index is 2.42. The van der Waals surface area contributed by atoms with Gasteiger partial charge in [-0.25, -0.2) is 4.79 Å². The number of nitrogens with one attached hydrogen (secondary N) is 6. The fraction of sp³-hybridized carbons (Fsp3) is 0.620. The Morgan fingerprint density at radius 3 is 1.37 bits per heavy atom. The van der Waals surface area contributed by atoms with Gasteiger partial charge in [0.15, 0.2) is 0 Å². The number of amides is 7. The summed E-state index contributed by atoms with van der Waals surface area (Å²) in [6.45, 7) is 23.5. The summed E-state index contributed by atoms with van der Waals surface area (Å²) < 4.78 is 5.39. The first-order valence-corrected chi connectivity index (χ1v) is 23.2. The van der Waals surface area contributed by atoms with Gasteiger partial charge in [-0.3, -0.25) is 28.8 Å². The Morgan fingerprint density at radius 2 is 0.938 bits per heavy atom. The molecule has 7 amide bonds. The molecule has 2 aromatic rings. The smallest absolute Gasteiger partial charge is 0.408 e. The van der Waals surface area contributed by atoms with Crippen LogP contribution in [0.4, 0.5) is 4.79 Å². The number of rotatable bonds is 25. The molecule has 0 saturated heterocycles. The van der Waals surface area contributed by atoms with Crippen molar-refractivity contribution in [2.45, 2.75) is 164 Å². The maximum absolute atomic E-state index is 14.6. The number of alkyl carbamates (subject to hydrolysis) is 1. The first-order valence-electron chi connectivity index (χ1n) is 23.2. The zero-order valence-electron chi connectivity index (χ0n) is 41.1. The van der Waals surface area contributed by atoms with E-state index >= 15 is 0 Å². The van der Waals surface area contributed by atoms with Crippen molar-refractivity contribution < 1.29 is 38.3 Å². The fourth-order valence-electron chi connectivity index (χ4n) is 7.36. The number of carbonyl (C=O) groups is 7. The van der Waals surface area contributed by atoms with E-state index < -0.39 is 71.5 Å². The minimum Gasteiger partial charge on any atom is -0.444 e. The lowest BCUT2D eigenvalue weighted by Gasteiger charge is -2.31. The second-order valence-electron chi connectivity index (χ2n) is 19.7. The van der Waals surface area contributed by atoms with Crippen LogP contribution in [0, 0.1) is 35.5 Å². The molecule has 15 nitrogen and oxygen atoms in total. The van der Waals surface area contributed by atoms with E-state index in [9.17, 15) is 33.6 Å². The second kappa shape index (κ2) is 26.5. The molecule has 0 aliphatic heterocycles. The van der Waals surface area contributed by atoms with Gasteiger partial charge in [0.05, 0.1) is 0 Å². The Bertz CT molecular complexity index is 1850. The highest BCUT2D eigenvalue weighted by Crippen LogP contribution is 2.22. The molecule has 2 aromatic carbocycles. The molecule has 0 aliphatic rings. The number of ether oxygens (including phenoxy) is 1. The van der Waals surface area contributed by atoms with Gasteiger partial charge < -0.3 is 42.4 Å². The van der Waals surface area contributed by atoms with Gasteiger partial charge in [-0.1, -0.05) is 136 Å². The largest absolute Gasteiger partial charge is 0.444 e. The van der Waals surface area contributed by atoms with Crippen molar-refractivity contribution in [1.82, 2.24) is 31.9 Å². The third-order valence-electron chi connectivity index (χ3n) is 11.5. The van der Waals surface area contributed by atoms with E-state index in [2.05, 4.69) is 31.9 Å². The van der Waals surface area contributed by atoms with Gasteiger partial charge in [-0.2, -0.15) is 0 Å². The first kappa shape index (κ1) is 55.7. The molecule has 65 heavy (non-hydrogen) atoms. The van der Waals surface area contributed by atoms with Crippen molar-refractivity contribution in [2.75, 3.05) is 0 Å². The maximum atomic E-state index is 14.6. The molecular weight excluding hydrogens is 827 g/mol. The standard InChI is InChI=1S/C50H79N7O8/c1-14-33(10)37(52-46(61)40(30(4)5)56-48(63)42(32(8)9)57-49(64)65-50(11,12)13)26-25-36(27-34-21-17-15-18-22-34)44(59)53-38(28-35-23-19-16-20-24-35)45(60)55-41(31(6)7)47(62)54-39(29(2)3)43(51)58/h15-24,29-33,36-42H,14,25-28H2,1-13H3,(H2,51,58)(H,52,61)(H,53,59)(H,54,62)(H,55,60)(H,56,63)(H,57,64)/t33?,36?,37?,38-,39-,40-,41-,42-/m0/s1. The van der Waals surface area contributed by atoms with E-state index in [0.29, 0.717) is 19.3 Å². The van der Waals surface area contributed by atoms with Crippen LogP contribution in [-0.4, -0.2) is 83.4 Å². The van der Waals surface area contributed by atoms with Crippen LogP contribution in [-0.2, 0) is 46.3 Å². The topological polar surface area (TPSA) is 227 Å². The molecule has 0 bridgehead atoms. The monoisotopic (exact) mass is 906 g/mol. The van der Waals surface area contributed by atoms with Crippen molar-refractivity contribution in [2.24, 2.45) is 41.2 Å². The van der Waals surface area contributed by atoms with Crippen molar-refractivity contribution in [3.8, 4) is 0 Å². The Hall–Kier alpha value is -5.47. The number of carbonyl (C=O) groups excluding carboxylic acids is 7. The third kappa shape index (κ3) is 19.3. The van der Waals surface area contributed by atoms with Crippen molar-refractivity contribution in [3.05, 3.63) is 71.8 Å². The molecule has 0 heterocycles. The number of nitrogens with two attached hydrogens (primary N) is 1. The van der Waals surface area contributed by atoms with E-state index in [0.717, 1.165) is 17.5 Å². The number of hydrogen-bond acceptors (Lipinski definition) is 8. The molecule has 2 rings (SSSR count). The average Bonchev–Trinajstić information content (AvgIpc) is 3.22. The highest BCUT2D eigenvalue weighted by atomic mass is 16.6. The summed E-state index contributed by atoms with van der Waals surface area (Å²) in [5, 5.41) is 17.3. The quantitative estimate of drug-likeness (QED) is 0.0687. The molecule has 0 radical (unpaired) electrons. The van der Waals surface area contributed by atoms with Crippen LogP contribution in [0.1, 0.15) is 120 Å². The normalized spacial score (nSPS) is 15.4. The fourth-order valence-corrected chi connectivity index (χ4v) is 7.36. The van der Waals surface area contributed by atoms with E-state index in [1.54, 1.807) is 62.3 Å². The lowest BCUT2D eigenvalue weighted by atomic mass is 9.87. The van der Waals surface area contributed by atoms with Gasteiger partial charge in [0.25, 0.3) is 0 Å².